The number of methoxy groups -OCH3 is 2. The first-order chi connectivity index (χ1) is 10.0. The summed E-state index contributed by atoms with van der Waals surface area (Å²) in [5.41, 5.74) is 1.28. The second-order valence-electron chi connectivity index (χ2n) is 4.15. The van der Waals surface area contributed by atoms with E-state index in [1.54, 1.807) is 26.4 Å². The van der Waals surface area contributed by atoms with Crippen LogP contribution < -0.4 is 14.8 Å². The molecular weight excluding hydrogens is 496 g/mol. The van der Waals surface area contributed by atoms with Crippen molar-refractivity contribution >= 4 is 56.8 Å². The van der Waals surface area contributed by atoms with Gasteiger partial charge in [0.05, 0.1) is 17.8 Å². The van der Waals surface area contributed by atoms with Gasteiger partial charge in [0.25, 0.3) is 5.91 Å². The van der Waals surface area contributed by atoms with Crippen molar-refractivity contribution in [1.29, 1.82) is 0 Å². The molecule has 0 fully saturated rings. The predicted octanol–water partition coefficient (Wildman–Crippen LogP) is 4.17. The zero-order valence-electron chi connectivity index (χ0n) is 11.4. The maximum absolute atomic E-state index is 12.3. The first-order valence-electron chi connectivity index (χ1n) is 6.03. The molecule has 0 heterocycles. The molecule has 0 unspecified atom stereocenters. The molecule has 0 saturated heterocycles. The van der Waals surface area contributed by atoms with E-state index in [4.69, 9.17) is 9.47 Å². The lowest BCUT2D eigenvalue weighted by Crippen LogP contribution is -2.12. The minimum Gasteiger partial charge on any atom is -0.493 e. The lowest BCUT2D eigenvalue weighted by atomic mass is 10.2. The summed E-state index contributed by atoms with van der Waals surface area (Å²) in [6, 6.07) is 11.0. The summed E-state index contributed by atoms with van der Waals surface area (Å²) < 4.78 is 12.5. The number of carbonyl (C=O) groups is 1. The third-order valence-corrected chi connectivity index (χ3v) is 4.32. The summed E-state index contributed by atoms with van der Waals surface area (Å²) in [5.74, 6) is 0.983. The molecule has 0 saturated carbocycles. The predicted molar refractivity (Wildman–Crippen MR) is 99.4 cm³/mol. The average Bonchev–Trinajstić information content (AvgIpc) is 2.48. The maximum Gasteiger partial charge on any atom is 0.255 e. The molecule has 1 N–H and O–H groups in total. The highest BCUT2D eigenvalue weighted by Gasteiger charge is 2.15. The Morgan fingerprint density at radius 2 is 1.71 bits per heavy atom. The van der Waals surface area contributed by atoms with E-state index in [9.17, 15) is 4.79 Å². The van der Waals surface area contributed by atoms with Gasteiger partial charge in [0.2, 0.25) is 0 Å². The Kier molecular flexibility index (Phi) is 5.68. The number of hydrogen-bond acceptors (Lipinski definition) is 3. The Hall–Kier alpha value is -1.03. The molecule has 4 nitrogen and oxygen atoms in total. The summed E-state index contributed by atoms with van der Waals surface area (Å²) in [4.78, 5) is 12.3. The highest BCUT2D eigenvalue weighted by Crippen LogP contribution is 2.33. The lowest BCUT2D eigenvalue weighted by Gasteiger charge is -2.12. The Morgan fingerprint density at radius 1 is 1.05 bits per heavy atom. The van der Waals surface area contributed by atoms with Crippen molar-refractivity contribution in [3.8, 4) is 11.5 Å². The number of anilines is 1. The summed E-state index contributed by atoms with van der Waals surface area (Å²) in [6.45, 7) is 0. The quantitative estimate of drug-likeness (QED) is 0.631. The van der Waals surface area contributed by atoms with Crippen LogP contribution in [0.15, 0.2) is 36.4 Å². The van der Waals surface area contributed by atoms with Crippen molar-refractivity contribution in [3.05, 3.63) is 49.1 Å². The SMILES string of the molecule is COc1cc(C(=O)Nc2ccc(I)cc2)cc(I)c1OC. The smallest absolute Gasteiger partial charge is 0.255 e. The Bertz CT molecular complexity index is 657. The van der Waals surface area contributed by atoms with Crippen molar-refractivity contribution < 1.29 is 14.3 Å². The number of hydrogen-bond donors (Lipinski definition) is 1. The van der Waals surface area contributed by atoms with Gasteiger partial charge in [-0.25, -0.2) is 0 Å². The second kappa shape index (κ2) is 7.30. The van der Waals surface area contributed by atoms with Crippen LogP contribution in [0.3, 0.4) is 0 Å². The van der Waals surface area contributed by atoms with E-state index in [1.165, 1.54) is 0 Å². The first-order valence-corrected chi connectivity index (χ1v) is 8.19. The highest BCUT2D eigenvalue weighted by atomic mass is 127. The molecule has 0 radical (unpaired) electrons. The number of ether oxygens (including phenoxy) is 2. The van der Waals surface area contributed by atoms with Gasteiger partial charge in [0.15, 0.2) is 11.5 Å². The van der Waals surface area contributed by atoms with E-state index in [-0.39, 0.29) is 5.91 Å². The van der Waals surface area contributed by atoms with Gasteiger partial charge in [-0.05, 0) is 81.6 Å². The van der Waals surface area contributed by atoms with E-state index in [2.05, 4.69) is 50.5 Å². The molecule has 2 rings (SSSR count). The third kappa shape index (κ3) is 4.00. The summed E-state index contributed by atoms with van der Waals surface area (Å²) in [5, 5.41) is 2.86. The molecule has 0 aromatic heterocycles. The molecule has 2 aromatic carbocycles. The normalized spacial score (nSPS) is 10.1. The van der Waals surface area contributed by atoms with Crippen molar-refractivity contribution in [1.82, 2.24) is 0 Å². The van der Waals surface area contributed by atoms with Gasteiger partial charge >= 0.3 is 0 Å². The fraction of sp³-hybridized carbons (Fsp3) is 0.133. The van der Waals surface area contributed by atoms with Crippen LogP contribution in [0.2, 0.25) is 0 Å². The van der Waals surface area contributed by atoms with Gasteiger partial charge in [-0.2, -0.15) is 0 Å². The van der Waals surface area contributed by atoms with Crippen molar-refractivity contribution in [2.75, 3.05) is 19.5 Å². The van der Waals surface area contributed by atoms with Gasteiger partial charge in [-0.15, -0.1) is 0 Å². The second-order valence-corrected chi connectivity index (χ2v) is 6.56. The van der Waals surface area contributed by atoms with Gasteiger partial charge in [-0.3, -0.25) is 4.79 Å². The number of rotatable bonds is 4. The molecular formula is C15H13I2NO3. The highest BCUT2D eigenvalue weighted by molar-refractivity contribution is 14.1. The van der Waals surface area contributed by atoms with Gasteiger partial charge in [0, 0.05) is 14.8 Å². The Balaban J connectivity index is 2.27. The number of nitrogens with one attached hydrogen (secondary N) is 1. The van der Waals surface area contributed by atoms with E-state index in [1.807, 2.05) is 24.3 Å². The van der Waals surface area contributed by atoms with E-state index in [0.717, 1.165) is 12.8 Å². The number of benzene rings is 2. The Labute approximate surface area is 150 Å². The number of carbonyl (C=O) groups excluding carboxylic acids is 1. The van der Waals surface area contributed by atoms with Crippen LogP contribution in [0.4, 0.5) is 5.69 Å². The lowest BCUT2D eigenvalue weighted by molar-refractivity contribution is 0.102. The van der Waals surface area contributed by atoms with E-state index >= 15 is 0 Å². The fourth-order valence-electron chi connectivity index (χ4n) is 1.79. The summed E-state index contributed by atoms with van der Waals surface area (Å²) >= 11 is 4.34. The molecule has 0 aliphatic heterocycles. The monoisotopic (exact) mass is 509 g/mol. The summed E-state index contributed by atoms with van der Waals surface area (Å²) in [7, 11) is 3.13. The zero-order chi connectivity index (χ0) is 15.4. The largest absolute Gasteiger partial charge is 0.493 e. The minimum absolute atomic E-state index is 0.185. The molecule has 0 bridgehead atoms. The van der Waals surface area contributed by atoms with Crippen LogP contribution in [-0.4, -0.2) is 20.1 Å². The van der Waals surface area contributed by atoms with Crippen LogP contribution in [0, 0.1) is 7.14 Å². The first kappa shape index (κ1) is 16.3. The molecule has 2 aromatic rings. The molecule has 1 amide bonds. The average molecular weight is 509 g/mol. The molecule has 21 heavy (non-hydrogen) atoms. The maximum atomic E-state index is 12.3. The van der Waals surface area contributed by atoms with Crippen LogP contribution >= 0.6 is 45.2 Å². The third-order valence-electron chi connectivity index (χ3n) is 2.80. The molecule has 0 atom stereocenters. The zero-order valence-corrected chi connectivity index (χ0v) is 15.8. The van der Waals surface area contributed by atoms with Crippen LogP contribution in [0.5, 0.6) is 11.5 Å². The molecule has 0 spiro atoms. The number of amides is 1. The van der Waals surface area contributed by atoms with Gasteiger partial charge < -0.3 is 14.8 Å². The number of halogens is 2. The molecule has 0 aliphatic rings. The summed E-state index contributed by atoms with van der Waals surface area (Å²) in [6.07, 6.45) is 0. The van der Waals surface area contributed by atoms with Gasteiger partial charge in [0.1, 0.15) is 0 Å². The van der Waals surface area contributed by atoms with E-state index < -0.39 is 0 Å². The molecule has 110 valence electrons. The minimum atomic E-state index is -0.185. The Morgan fingerprint density at radius 3 is 2.29 bits per heavy atom. The van der Waals surface area contributed by atoms with Crippen LogP contribution in [-0.2, 0) is 0 Å². The van der Waals surface area contributed by atoms with Crippen LogP contribution in [0.25, 0.3) is 0 Å². The van der Waals surface area contributed by atoms with Crippen molar-refractivity contribution in [2.24, 2.45) is 0 Å². The topological polar surface area (TPSA) is 47.6 Å². The van der Waals surface area contributed by atoms with E-state index in [0.29, 0.717) is 17.1 Å². The van der Waals surface area contributed by atoms with Crippen LogP contribution in [0.1, 0.15) is 10.4 Å². The standard InChI is InChI=1S/C15H13I2NO3/c1-20-13-8-9(7-12(17)14(13)21-2)15(19)18-11-5-3-10(16)4-6-11/h3-8H,1-2H3,(H,18,19). The fourth-order valence-corrected chi connectivity index (χ4v) is 2.97. The van der Waals surface area contributed by atoms with Gasteiger partial charge in [-0.1, -0.05) is 0 Å². The van der Waals surface area contributed by atoms with Crippen molar-refractivity contribution in [3.63, 3.8) is 0 Å². The molecule has 0 aliphatic carbocycles. The van der Waals surface area contributed by atoms with Crippen molar-refractivity contribution in [2.45, 2.75) is 0 Å². The molecule has 6 heteroatoms.